The number of nitrogens with zero attached hydrogens (tertiary/aromatic N) is 1. The molecule has 0 radical (unpaired) electrons. The molecule has 1 aromatic heterocycles. The van der Waals surface area contributed by atoms with Gasteiger partial charge in [0, 0.05) is 34.4 Å². The first-order valence-electron chi connectivity index (χ1n) is 7.94. The van der Waals surface area contributed by atoms with Crippen molar-refractivity contribution in [2.24, 2.45) is 5.73 Å². The van der Waals surface area contributed by atoms with E-state index in [1.165, 1.54) is 6.42 Å². The number of carbonyl (C=O) groups excluding carboxylic acids is 1. The number of carbonyl (C=O) groups is 1. The molecule has 0 saturated heterocycles. The lowest BCUT2D eigenvalue weighted by molar-refractivity contribution is 0.104. The van der Waals surface area contributed by atoms with E-state index in [4.69, 9.17) is 5.73 Å². The minimum Gasteiger partial charge on any atom is -0.321 e. The zero-order chi connectivity index (χ0) is 15.9. The van der Waals surface area contributed by atoms with Gasteiger partial charge in [-0.15, -0.1) is 0 Å². The average Bonchev–Trinajstić information content (AvgIpc) is 2.59. The molecule has 1 aliphatic carbocycles. The molecule has 1 aliphatic rings. The summed E-state index contributed by atoms with van der Waals surface area (Å²) in [4.78, 5) is 17.0. The van der Waals surface area contributed by atoms with Gasteiger partial charge in [0.1, 0.15) is 0 Å². The molecule has 3 aromatic rings. The number of rotatable bonds is 3. The summed E-state index contributed by atoms with van der Waals surface area (Å²) < 4.78 is 0. The van der Waals surface area contributed by atoms with Gasteiger partial charge in [-0.25, -0.2) is 0 Å². The van der Waals surface area contributed by atoms with Gasteiger partial charge in [-0.05, 0) is 36.3 Å². The molecule has 3 nitrogen and oxygen atoms in total. The summed E-state index contributed by atoms with van der Waals surface area (Å²) in [5.74, 6) is 0.0352. The van der Waals surface area contributed by atoms with E-state index in [-0.39, 0.29) is 11.3 Å². The quantitative estimate of drug-likeness (QED) is 0.749. The van der Waals surface area contributed by atoms with E-state index in [0.29, 0.717) is 11.1 Å². The molecule has 23 heavy (non-hydrogen) atoms. The van der Waals surface area contributed by atoms with Gasteiger partial charge in [-0.3, -0.25) is 9.78 Å². The lowest BCUT2D eigenvalue weighted by Crippen LogP contribution is -2.43. The highest BCUT2D eigenvalue weighted by Crippen LogP contribution is 2.38. The molecule has 0 bridgehead atoms. The predicted molar refractivity (Wildman–Crippen MR) is 91.3 cm³/mol. The summed E-state index contributed by atoms with van der Waals surface area (Å²) >= 11 is 0. The van der Waals surface area contributed by atoms with E-state index >= 15 is 0 Å². The fraction of sp³-hybridized carbons (Fsp3) is 0.200. The number of hydrogen-bond donors (Lipinski definition) is 1. The third-order valence-corrected chi connectivity index (χ3v) is 4.89. The minimum atomic E-state index is -0.188. The van der Waals surface area contributed by atoms with Crippen molar-refractivity contribution in [1.82, 2.24) is 4.98 Å². The van der Waals surface area contributed by atoms with Crippen LogP contribution in [0.25, 0.3) is 10.8 Å². The van der Waals surface area contributed by atoms with Crippen molar-refractivity contribution >= 4 is 16.6 Å². The smallest absolute Gasteiger partial charge is 0.193 e. The third kappa shape index (κ3) is 2.34. The fourth-order valence-corrected chi connectivity index (χ4v) is 3.28. The van der Waals surface area contributed by atoms with Crippen LogP contribution in [0.4, 0.5) is 0 Å². The molecule has 1 fully saturated rings. The van der Waals surface area contributed by atoms with Gasteiger partial charge in [-0.1, -0.05) is 42.5 Å². The summed E-state index contributed by atoms with van der Waals surface area (Å²) in [7, 11) is 0. The second-order valence-corrected chi connectivity index (χ2v) is 6.32. The van der Waals surface area contributed by atoms with Gasteiger partial charge in [0.05, 0.1) is 0 Å². The Morgan fingerprint density at radius 2 is 1.83 bits per heavy atom. The second-order valence-electron chi connectivity index (χ2n) is 6.32. The first-order chi connectivity index (χ1) is 11.2. The summed E-state index contributed by atoms with van der Waals surface area (Å²) in [6.45, 7) is 0. The van der Waals surface area contributed by atoms with Crippen molar-refractivity contribution in [3.05, 3.63) is 77.6 Å². The van der Waals surface area contributed by atoms with E-state index in [1.54, 1.807) is 12.4 Å². The SMILES string of the molecule is NC1(c2ccc(C(=O)c3cccc4cnccc34)cc2)CCC1. The summed E-state index contributed by atoms with van der Waals surface area (Å²) in [5, 5.41) is 1.91. The Morgan fingerprint density at radius 3 is 2.52 bits per heavy atom. The van der Waals surface area contributed by atoms with Crippen molar-refractivity contribution < 1.29 is 4.79 Å². The van der Waals surface area contributed by atoms with Gasteiger partial charge in [0.2, 0.25) is 0 Å². The molecule has 1 saturated carbocycles. The zero-order valence-electron chi connectivity index (χ0n) is 12.8. The first-order valence-corrected chi connectivity index (χ1v) is 7.94. The topological polar surface area (TPSA) is 56.0 Å². The molecule has 4 rings (SSSR count). The molecule has 0 amide bonds. The summed E-state index contributed by atoms with van der Waals surface area (Å²) in [6.07, 6.45) is 6.73. The standard InChI is InChI=1S/C20H18N2O/c21-20(10-2-11-20)16-7-5-14(6-8-16)19(23)18-4-1-3-15-13-22-12-9-17(15)18/h1,3-9,12-13H,2,10-11,21H2. The van der Waals surface area contributed by atoms with E-state index in [2.05, 4.69) is 4.98 Å². The highest BCUT2D eigenvalue weighted by atomic mass is 16.1. The largest absolute Gasteiger partial charge is 0.321 e. The number of nitrogens with two attached hydrogens (primary N) is 1. The normalized spacial score (nSPS) is 16.0. The van der Waals surface area contributed by atoms with Crippen molar-refractivity contribution in [1.29, 1.82) is 0 Å². The lowest BCUT2D eigenvalue weighted by Gasteiger charge is -2.38. The van der Waals surface area contributed by atoms with Crippen LogP contribution in [-0.4, -0.2) is 10.8 Å². The molecular weight excluding hydrogens is 284 g/mol. The Hall–Kier alpha value is -2.52. The molecule has 0 atom stereocenters. The molecule has 0 spiro atoms. The van der Waals surface area contributed by atoms with E-state index in [0.717, 1.165) is 29.2 Å². The number of aromatic nitrogens is 1. The van der Waals surface area contributed by atoms with Crippen LogP contribution in [0.1, 0.15) is 40.7 Å². The molecule has 0 unspecified atom stereocenters. The Bertz CT molecular complexity index is 874. The maximum absolute atomic E-state index is 12.9. The Kier molecular flexibility index (Phi) is 3.24. The maximum atomic E-state index is 12.9. The van der Waals surface area contributed by atoms with Crippen LogP contribution in [0.2, 0.25) is 0 Å². The molecule has 114 valence electrons. The van der Waals surface area contributed by atoms with Crippen LogP contribution in [-0.2, 0) is 5.54 Å². The molecule has 0 aliphatic heterocycles. The van der Waals surface area contributed by atoms with Gasteiger partial charge >= 0.3 is 0 Å². The molecular formula is C20H18N2O. The number of ketones is 1. The molecule has 2 N–H and O–H groups in total. The van der Waals surface area contributed by atoms with E-state index in [9.17, 15) is 4.79 Å². The van der Waals surface area contributed by atoms with Gasteiger partial charge in [0.15, 0.2) is 5.78 Å². The maximum Gasteiger partial charge on any atom is 0.193 e. The van der Waals surface area contributed by atoms with Crippen molar-refractivity contribution in [2.45, 2.75) is 24.8 Å². The Balaban J connectivity index is 1.71. The number of benzene rings is 2. The summed E-state index contributed by atoms with van der Waals surface area (Å²) in [6, 6.07) is 15.4. The van der Waals surface area contributed by atoms with Crippen molar-refractivity contribution in [2.75, 3.05) is 0 Å². The second kappa shape index (κ2) is 5.28. The number of pyridine rings is 1. The molecule has 3 heteroatoms. The van der Waals surface area contributed by atoms with Crippen LogP contribution < -0.4 is 5.73 Å². The molecule has 1 heterocycles. The predicted octanol–water partition coefficient (Wildman–Crippen LogP) is 3.80. The van der Waals surface area contributed by atoms with Crippen LogP contribution in [0.3, 0.4) is 0 Å². The fourth-order valence-electron chi connectivity index (χ4n) is 3.28. The zero-order valence-corrected chi connectivity index (χ0v) is 12.8. The highest BCUT2D eigenvalue weighted by molar-refractivity contribution is 6.16. The van der Waals surface area contributed by atoms with Gasteiger partial charge in [-0.2, -0.15) is 0 Å². The van der Waals surface area contributed by atoms with Crippen molar-refractivity contribution in [3.8, 4) is 0 Å². The van der Waals surface area contributed by atoms with E-state index in [1.807, 2.05) is 48.5 Å². The first kappa shape index (κ1) is 14.1. The Morgan fingerprint density at radius 1 is 1.04 bits per heavy atom. The van der Waals surface area contributed by atoms with Crippen LogP contribution in [0.5, 0.6) is 0 Å². The van der Waals surface area contributed by atoms with Gasteiger partial charge < -0.3 is 5.73 Å². The third-order valence-electron chi connectivity index (χ3n) is 4.89. The Labute approximate surface area is 135 Å². The van der Waals surface area contributed by atoms with Crippen LogP contribution in [0.15, 0.2) is 60.9 Å². The van der Waals surface area contributed by atoms with Gasteiger partial charge in [0.25, 0.3) is 0 Å². The highest BCUT2D eigenvalue weighted by Gasteiger charge is 2.34. The lowest BCUT2D eigenvalue weighted by atomic mass is 9.72. The van der Waals surface area contributed by atoms with Crippen molar-refractivity contribution in [3.63, 3.8) is 0 Å². The van der Waals surface area contributed by atoms with E-state index < -0.39 is 0 Å². The minimum absolute atomic E-state index is 0.0352. The monoisotopic (exact) mass is 302 g/mol. The average molecular weight is 302 g/mol. The van der Waals surface area contributed by atoms with Crippen LogP contribution in [0, 0.1) is 0 Å². The number of fused-ring (bicyclic) bond motifs is 1. The number of hydrogen-bond acceptors (Lipinski definition) is 3. The van der Waals surface area contributed by atoms with Crippen LogP contribution >= 0.6 is 0 Å². The summed E-state index contributed by atoms with van der Waals surface area (Å²) in [5.41, 5.74) is 8.69. The molecule has 2 aromatic carbocycles.